The predicted octanol–water partition coefficient (Wildman–Crippen LogP) is 5.44. The molecule has 8 heteroatoms. The lowest BCUT2D eigenvalue weighted by atomic mass is 9.70. The Kier molecular flexibility index (Phi) is 5.98. The largest absolute Gasteiger partial charge is 0.378 e. The van der Waals surface area contributed by atoms with E-state index in [2.05, 4.69) is 86.3 Å². The quantitative estimate of drug-likeness (QED) is 0.334. The molecule has 4 heterocycles. The van der Waals surface area contributed by atoms with E-state index in [9.17, 15) is 5.11 Å². The van der Waals surface area contributed by atoms with Crippen LogP contribution in [0.3, 0.4) is 0 Å². The van der Waals surface area contributed by atoms with Crippen molar-refractivity contribution in [3.05, 3.63) is 53.3 Å². The van der Waals surface area contributed by atoms with Crippen molar-refractivity contribution in [3.8, 4) is 10.4 Å². The molecule has 4 aromatic rings. The molecule has 4 atom stereocenters. The zero-order valence-corrected chi connectivity index (χ0v) is 21.3. The van der Waals surface area contributed by atoms with Crippen molar-refractivity contribution in [2.24, 2.45) is 5.92 Å². The maximum Gasteiger partial charge on any atom is 0.177 e. The number of thiophene rings is 1. The number of likely N-dealkylation sites (tertiary alicyclic amines) is 1. The van der Waals surface area contributed by atoms with Crippen LogP contribution < -0.4 is 0 Å². The summed E-state index contributed by atoms with van der Waals surface area (Å²) in [6, 6.07) is 11.2. The summed E-state index contributed by atoms with van der Waals surface area (Å²) in [5.41, 5.74) is 3.50. The summed E-state index contributed by atoms with van der Waals surface area (Å²) in [4.78, 5) is 7.17. The van der Waals surface area contributed by atoms with Crippen molar-refractivity contribution >= 4 is 22.2 Å². The molecule has 6 rings (SSSR count). The number of tetrazole rings is 1. The number of aliphatic hydroxyl groups excluding tert-OH is 1. The van der Waals surface area contributed by atoms with E-state index in [1.54, 1.807) is 11.3 Å². The second kappa shape index (κ2) is 9.15. The molecule has 7 nitrogen and oxygen atoms in total. The molecule has 1 aliphatic carbocycles. The monoisotopic (exact) mass is 490 g/mol. The van der Waals surface area contributed by atoms with Gasteiger partial charge in [-0.25, -0.2) is 0 Å². The van der Waals surface area contributed by atoms with Gasteiger partial charge < -0.3 is 10.1 Å². The Balaban J connectivity index is 1.27. The molecular weight excluding hydrogens is 456 g/mol. The average Bonchev–Trinajstić information content (AvgIpc) is 3.64. The van der Waals surface area contributed by atoms with Crippen LogP contribution in [0.1, 0.15) is 69.7 Å². The standard InChI is InChI=1S/C27H34N6OS/c1-27(2,20-16-28-21-10-3-8-19(25(20)21)23-12-6-14-35-23)15-24(34)33-13-5-9-17-18(7-4-11-22(17)33)26-29-31-32-30-26/h3,6,8,10,12,14,16-18,22,24,28,34H,4-5,7,9,11,13,15H2,1-2H3,(H,29,30,31,32). The Morgan fingerprint density at radius 3 is 2.89 bits per heavy atom. The number of nitrogens with one attached hydrogen (secondary N) is 2. The Hall–Kier alpha value is -2.55. The summed E-state index contributed by atoms with van der Waals surface area (Å²) in [6.45, 7) is 5.49. The van der Waals surface area contributed by atoms with Crippen LogP contribution in [-0.2, 0) is 5.41 Å². The van der Waals surface area contributed by atoms with Crippen LogP contribution in [0.4, 0.5) is 0 Å². The normalized spacial score (nSPS) is 24.5. The zero-order valence-electron chi connectivity index (χ0n) is 20.4. The lowest BCUT2D eigenvalue weighted by Crippen LogP contribution is -2.54. The number of aromatic amines is 2. The summed E-state index contributed by atoms with van der Waals surface area (Å²) >= 11 is 1.77. The lowest BCUT2D eigenvalue weighted by molar-refractivity contribution is -0.0860. The molecule has 2 aliphatic rings. The van der Waals surface area contributed by atoms with Crippen LogP contribution >= 0.6 is 11.3 Å². The second-order valence-corrected chi connectivity index (χ2v) is 11.8. The average molecular weight is 491 g/mol. The third-order valence-electron chi connectivity index (χ3n) is 8.40. The van der Waals surface area contributed by atoms with Crippen LogP contribution in [0, 0.1) is 5.92 Å². The third-order valence-corrected chi connectivity index (χ3v) is 9.30. The van der Waals surface area contributed by atoms with Crippen molar-refractivity contribution in [1.29, 1.82) is 0 Å². The van der Waals surface area contributed by atoms with Crippen LogP contribution in [0.2, 0.25) is 0 Å². The van der Waals surface area contributed by atoms with Gasteiger partial charge in [-0.15, -0.1) is 21.5 Å². The van der Waals surface area contributed by atoms with Gasteiger partial charge >= 0.3 is 0 Å². The number of hydrogen-bond acceptors (Lipinski definition) is 6. The molecule has 0 spiro atoms. The fourth-order valence-electron chi connectivity index (χ4n) is 6.78. The third kappa shape index (κ3) is 4.11. The number of H-pyrrole nitrogens is 2. The minimum Gasteiger partial charge on any atom is -0.378 e. The number of hydrogen-bond donors (Lipinski definition) is 3. The van der Waals surface area contributed by atoms with E-state index in [1.807, 2.05) is 0 Å². The SMILES string of the molecule is CC(C)(CC(O)N1CCCC2C(c3nn[nH]n3)CCCC21)c1c[nH]c2cccc(-c3cccs3)c12. The molecule has 0 radical (unpaired) electrons. The highest BCUT2D eigenvalue weighted by molar-refractivity contribution is 7.13. The minimum atomic E-state index is -0.485. The molecule has 4 unspecified atom stereocenters. The maximum absolute atomic E-state index is 11.7. The van der Waals surface area contributed by atoms with Crippen molar-refractivity contribution < 1.29 is 5.11 Å². The Bertz CT molecular complexity index is 1260. The number of aromatic nitrogens is 5. The fourth-order valence-corrected chi connectivity index (χ4v) is 7.54. The van der Waals surface area contributed by atoms with Crippen molar-refractivity contribution in [1.82, 2.24) is 30.5 Å². The number of rotatable bonds is 6. The summed E-state index contributed by atoms with van der Waals surface area (Å²) in [5, 5.41) is 30.2. The highest BCUT2D eigenvalue weighted by Crippen LogP contribution is 2.45. The molecular formula is C27H34N6OS. The van der Waals surface area contributed by atoms with Gasteiger partial charge in [-0.3, -0.25) is 4.90 Å². The molecule has 1 saturated heterocycles. The van der Waals surface area contributed by atoms with Gasteiger partial charge in [-0.2, -0.15) is 5.21 Å². The number of benzene rings is 1. The number of piperidine rings is 1. The van der Waals surface area contributed by atoms with E-state index in [4.69, 9.17) is 0 Å². The molecule has 1 aromatic carbocycles. The van der Waals surface area contributed by atoms with Gasteiger partial charge in [0, 0.05) is 46.0 Å². The molecule has 0 amide bonds. The van der Waals surface area contributed by atoms with Crippen LogP contribution in [0.15, 0.2) is 41.9 Å². The molecule has 3 N–H and O–H groups in total. The molecule has 0 bridgehead atoms. The van der Waals surface area contributed by atoms with Crippen molar-refractivity contribution in [2.75, 3.05) is 6.54 Å². The molecule has 184 valence electrons. The molecule has 1 saturated carbocycles. The summed E-state index contributed by atoms with van der Waals surface area (Å²) < 4.78 is 0. The van der Waals surface area contributed by atoms with E-state index in [1.165, 1.54) is 27.8 Å². The smallest absolute Gasteiger partial charge is 0.177 e. The van der Waals surface area contributed by atoms with E-state index in [0.29, 0.717) is 24.3 Å². The number of nitrogens with zero attached hydrogens (tertiary/aromatic N) is 4. The molecule has 1 aliphatic heterocycles. The topological polar surface area (TPSA) is 93.7 Å². The fraction of sp³-hybridized carbons (Fsp3) is 0.519. The lowest BCUT2D eigenvalue weighted by Gasteiger charge is -2.49. The first kappa shape index (κ1) is 22.9. The number of fused-ring (bicyclic) bond motifs is 2. The van der Waals surface area contributed by atoms with Gasteiger partial charge in [0.2, 0.25) is 0 Å². The summed E-state index contributed by atoms with van der Waals surface area (Å²) in [6.07, 6.45) is 8.00. The summed E-state index contributed by atoms with van der Waals surface area (Å²) in [5.74, 6) is 1.65. The van der Waals surface area contributed by atoms with Gasteiger partial charge in [0.25, 0.3) is 0 Å². The first-order chi connectivity index (χ1) is 17.0. The first-order valence-corrected chi connectivity index (χ1v) is 13.7. The Labute approximate surface area is 210 Å². The summed E-state index contributed by atoms with van der Waals surface area (Å²) in [7, 11) is 0. The van der Waals surface area contributed by atoms with E-state index in [-0.39, 0.29) is 5.41 Å². The molecule has 3 aromatic heterocycles. The van der Waals surface area contributed by atoms with Crippen LogP contribution in [-0.4, -0.2) is 54.4 Å². The van der Waals surface area contributed by atoms with Crippen LogP contribution in [0.25, 0.3) is 21.3 Å². The van der Waals surface area contributed by atoms with Gasteiger partial charge in [-0.1, -0.05) is 43.7 Å². The highest BCUT2D eigenvalue weighted by Gasteiger charge is 2.44. The number of aliphatic hydroxyl groups is 1. The van der Waals surface area contributed by atoms with Gasteiger partial charge in [-0.05, 0) is 66.5 Å². The van der Waals surface area contributed by atoms with E-state index in [0.717, 1.165) is 43.6 Å². The minimum absolute atomic E-state index is 0.195. The van der Waals surface area contributed by atoms with Gasteiger partial charge in [0.1, 0.15) is 6.23 Å². The van der Waals surface area contributed by atoms with Gasteiger partial charge in [0.05, 0.1) is 0 Å². The van der Waals surface area contributed by atoms with Crippen molar-refractivity contribution in [2.45, 2.75) is 76.0 Å². The first-order valence-electron chi connectivity index (χ1n) is 12.8. The van der Waals surface area contributed by atoms with E-state index >= 15 is 0 Å². The van der Waals surface area contributed by atoms with E-state index < -0.39 is 6.23 Å². The second-order valence-electron chi connectivity index (χ2n) is 10.9. The molecule has 35 heavy (non-hydrogen) atoms. The van der Waals surface area contributed by atoms with Crippen LogP contribution in [0.5, 0.6) is 0 Å². The molecule has 2 fully saturated rings. The Morgan fingerprint density at radius 2 is 2.09 bits per heavy atom. The maximum atomic E-state index is 11.7. The Morgan fingerprint density at radius 1 is 1.17 bits per heavy atom. The zero-order chi connectivity index (χ0) is 24.0. The van der Waals surface area contributed by atoms with Gasteiger partial charge in [0.15, 0.2) is 5.82 Å². The predicted molar refractivity (Wildman–Crippen MR) is 139 cm³/mol. The highest BCUT2D eigenvalue weighted by atomic mass is 32.1. The van der Waals surface area contributed by atoms with Crippen molar-refractivity contribution in [3.63, 3.8) is 0 Å².